The predicted octanol–water partition coefficient (Wildman–Crippen LogP) is 5.86. The van der Waals surface area contributed by atoms with E-state index >= 15 is 0 Å². The number of nitrogens with zero attached hydrogens (tertiary/aromatic N) is 5. The third kappa shape index (κ3) is 4.48. The van der Waals surface area contributed by atoms with Crippen molar-refractivity contribution in [2.45, 2.75) is 24.9 Å². The average molecular weight is 602 g/mol. The first kappa shape index (κ1) is 26.8. The zero-order chi connectivity index (χ0) is 29.9. The van der Waals surface area contributed by atoms with Gasteiger partial charge in [0.05, 0.1) is 6.04 Å². The molecule has 8 nitrogen and oxygen atoms in total. The number of rotatable bonds is 6. The average Bonchev–Trinajstić information content (AvgIpc) is 3.97. The molecule has 0 radical (unpaired) electrons. The molecule has 44 heavy (non-hydrogen) atoms. The van der Waals surface area contributed by atoms with E-state index in [2.05, 4.69) is 0 Å². The molecule has 1 saturated heterocycles. The van der Waals surface area contributed by atoms with Gasteiger partial charge in [-0.1, -0.05) is 66.2 Å². The Labute approximate surface area is 258 Å². The molecule has 2 atom stereocenters. The van der Waals surface area contributed by atoms with Crippen molar-refractivity contribution < 1.29 is 9.59 Å². The number of halogens is 1. The fraction of sp³-hybridized carbons (Fsp3) is 0.229. The summed E-state index contributed by atoms with van der Waals surface area (Å²) in [5.41, 5.74) is 2.72. The van der Waals surface area contributed by atoms with Crippen molar-refractivity contribution in [3.63, 3.8) is 0 Å². The Balaban J connectivity index is 1.18. The van der Waals surface area contributed by atoms with E-state index in [-0.39, 0.29) is 47.2 Å². The largest absolute Gasteiger partial charge is 0.338 e. The van der Waals surface area contributed by atoms with Gasteiger partial charge in [0.1, 0.15) is 5.65 Å². The fourth-order valence-electron chi connectivity index (χ4n) is 6.66. The summed E-state index contributed by atoms with van der Waals surface area (Å²) in [6.45, 7) is 1.12. The first-order valence-corrected chi connectivity index (χ1v) is 15.3. The Hall–Kier alpha value is -4.82. The van der Waals surface area contributed by atoms with Gasteiger partial charge in [0.15, 0.2) is 0 Å². The highest BCUT2D eigenvalue weighted by Gasteiger charge is 2.61. The van der Waals surface area contributed by atoms with Gasteiger partial charge in [-0.2, -0.15) is 4.98 Å². The molecule has 2 unspecified atom stereocenters. The quantitative estimate of drug-likeness (QED) is 0.243. The van der Waals surface area contributed by atoms with Gasteiger partial charge in [0, 0.05) is 69.8 Å². The molecule has 2 amide bonds. The molecule has 218 valence electrons. The number of likely N-dealkylation sites (tertiary alicyclic amines) is 1. The summed E-state index contributed by atoms with van der Waals surface area (Å²) in [5.74, 6) is 0.303. The van der Waals surface area contributed by atoms with Crippen LogP contribution in [-0.2, 0) is 0 Å². The van der Waals surface area contributed by atoms with Crippen LogP contribution in [0, 0.1) is 11.8 Å². The second-order valence-electron chi connectivity index (χ2n) is 11.8. The first-order chi connectivity index (χ1) is 21.5. The molecule has 5 aromatic rings. The van der Waals surface area contributed by atoms with Crippen molar-refractivity contribution >= 4 is 40.4 Å². The minimum Gasteiger partial charge on any atom is -0.338 e. The van der Waals surface area contributed by atoms with E-state index in [0.717, 1.165) is 12.8 Å². The summed E-state index contributed by atoms with van der Waals surface area (Å²) in [6.07, 6.45) is 3.46. The molecule has 2 aromatic heterocycles. The van der Waals surface area contributed by atoms with Crippen LogP contribution in [0.5, 0.6) is 0 Å². The lowest BCUT2D eigenvalue weighted by molar-refractivity contribution is 0.0772. The lowest BCUT2D eigenvalue weighted by atomic mass is 10.1. The van der Waals surface area contributed by atoms with E-state index in [0.29, 0.717) is 51.4 Å². The third-order valence-electron chi connectivity index (χ3n) is 9.05. The SMILES string of the molecule is O=C(c1ccccc1)N1CC2C(C1)C2N(C(=O)c1ccccc1)c1ncc2cc(-c3ccccc3Cl)c(=O)n(C3CC3)c2n1. The van der Waals surface area contributed by atoms with Crippen LogP contribution in [0.15, 0.2) is 102 Å². The number of anilines is 1. The van der Waals surface area contributed by atoms with Crippen LogP contribution in [0.4, 0.5) is 5.95 Å². The van der Waals surface area contributed by atoms with Crippen LogP contribution in [0.1, 0.15) is 39.6 Å². The lowest BCUT2D eigenvalue weighted by Crippen LogP contribution is -2.41. The second kappa shape index (κ2) is 10.4. The summed E-state index contributed by atoms with van der Waals surface area (Å²) in [7, 11) is 0. The molecule has 3 heterocycles. The number of amides is 2. The van der Waals surface area contributed by atoms with Crippen LogP contribution in [0.2, 0.25) is 5.02 Å². The molecule has 3 fully saturated rings. The van der Waals surface area contributed by atoms with Gasteiger partial charge in [0.25, 0.3) is 17.4 Å². The van der Waals surface area contributed by atoms with Gasteiger partial charge in [-0.15, -0.1) is 0 Å². The highest BCUT2D eigenvalue weighted by Crippen LogP contribution is 2.50. The van der Waals surface area contributed by atoms with E-state index in [1.54, 1.807) is 39.9 Å². The van der Waals surface area contributed by atoms with Crippen molar-refractivity contribution in [2.24, 2.45) is 11.8 Å². The van der Waals surface area contributed by atoms with Gasteiger partial charge in [-0.3, -0.25) is 23.9 Å². The second-order valence-corrected chi connectivity index (χ2v) is 12.2. The van der Waals surface area contributed by atoms with Crippen LogP contribution in [0.3, 0.4) is 0 Å². The molecular formula is C35H28ClN5O3. The molecule has 3 aliphatic rings. The zero-order valence-corrected chi connectivity index (χ0v) is 24.5. The highest BCUT2D eigenvalue weighted by molar-refractivity contribution is 6.33. The Morgan fingerprint density at radius 1 is 0.818 bits per heavy atom. The molecular weight excluding hydrogens is 574 g/mol. The number of pyridine rings is 1. The molecule has 9 heteroatoms. The molecule has 8 rings (SSSR count). The van der Waals surface area contributed by atoms with Crippen molar-refractivity contribution in [2.75, 3.05) is 18.0 Å². The van der Waals surface area contributed by atoms with E-state index in [1.807, 2.05) is 71.6 Å². The van der Waals surface area contributed by atoms with E-state index in [4.69, 9.17) is 21.6 Å². The third-order valence-corrected chi connectivity index (χ3v) is 9.38. The summed E-state index contributed by atoms with van der Waals surface area (Å²) in [6, 6.07) is 27.4. The first-order valence-electron chi connectivity index (χ1n) is 14.9. The number of fused-ring (bicyclic) bond motifs is 2. The van der Waals surface area contributed by atoms with Crippen molar-refractivity contribution in [1.29, 1.82) is 0 Å². The van der Waals surface area contributed by atoms with Crippen molar-refractivity contribution in [3.05, 3.63) is 124 Å². The van der Waals surface area contributed by atoms with Gasteiger partial charge in [-0.05, 0) is 49.2 Å². The minimum atomic E-state index is -0.196. The van der Waals surface area contributed by atoms with Crippen LogP contribution >= 0.6 is 11.6 Å². The number of hydrogen-bond acceptors (Lipinski definition) is 5. The van der Waals surface area contributed by atoms with Crippen molar-refractivity contribution in [1.82, 2.24) is 19.4 Å². The zero-order valence-electron chi connectivity index (χ0n) is 23.7. The Morgan fingerprint density at radius 2 is 1.45 bits per heavy atom. The number of benzene rings is 3. The number of carbonyl (C=O) groups excluding carboxylic acids is 2. The highest BCUT2D eigenvalue weighted by atomic mass is 35.5. The van der Waals surface area contributed by atoms with E-state index in [1.165, 1.54) is 0 Å². The lowest BCUT2D eigenvalue weighted by Gasteiger charge is -2.27. The molecule has 3 aromatic carbocycles. The van der Waals surface area contributed by atoms with Crippen LogP contribution in [-0.4, -0.2) is 50.4 Å². The molecule has 0 bridgehead atoms. The smallest absolute Gasteiger partial charge is 0.260 e. The Kier molecular flexibility index (Phi) is 6.34. The number of piperidine rings is 1. The standard InChI is InChI=1S/C35H28ClN5O3/c36-29-14-8-7-13-25(29)26-17-23-18-37-35(38-31(23)40(34(26)44)24-15-16-24)41(33(43)22-11-5-2-6-12-22)30-27-19-39(20-28(27)30)32(42)21-9-3-1-4-10-21/h1-14,17-18,24,27-28,30H,15-16,19-20H2. The maximum Gasteiger partial charge on any atom is 0.260 e. The normalized spacial score (nSPS) is 20.4. The number of aromatic nitrogens is 3. The monoisotopic (exact) mass is 601 g/mol. The predicted molar refractivity (Wildman–Crippen MR) is 169 cm³/mol. The molecule has 2 aliphatic carbocycles. The molecule has 0 N–H and O–H groups in total. The van der Waals surface area contributed by atoms with E-state index < -0.39 is 0 Å². The van der Waals surface area contributed by atoms with Gasteiger partial charge in [-0.25, -0.2) is 4.98 Å². The van der Waals surface area contributed by atoms with E-state index in [9.17, 15) is 14.4 Å². The van der Waals surface area contributed by atoms with Gasteiger partial charge in [0.2, 0.25) is 5.95 Å². The topological polar surface area (TPSA) is 88.4 Å². The molecule has 2 saturated carbocycles. The van der Waals surface area contributed by atoms with Gasteiger partial charge >= 0.3 is 0 Å². The van der Waals surface area contributed by atoms with Gasteiger partial charge < -0.3 is 4.90 Å². The summed E-state index contributed by atoms with van der Waals surface area (Å²) in [5, 5.41) is 1.21. The Morgan fingerprint density at radius 3 is 2.11 bits per heavy atom. The summed E-state index contributed by atoms with van der Waals surface area (Å²) >= 11 is 6.49. The summed E-state index contributed by atoms with van der Waals surface area (Å²) < 4.78 is 1.75. The fourth-order valence-corrected chi connectivity index (χ4v) is 6.90. The Bertz CT molecular complexity index is 1980. The molecule has 1 aliphatic heterocycles. The maximum atomic E-state index is 14.1. The van der Waals surface area contributed by atoms with Crippen LogP contribution < -0.4 is 10.5 Å². The summed E-state index contributed by atoms with van der Waals surface area (Å²) in [4.78, 5) is 54.3. The maximum absolute atomic E-state index is 14.1. The minimum absolute atomic E-state index is 0.00205. The van der Waals surface area contributed by atoms with Crippen LogP contribution in [0.25, 0.3) is 22.2 Å². The number of carbonyl (C=O) groups is 2. The number of hydrogen-bond donors (Lipinski definition) is 0. The molecule has 0 spiro atoms. The van der Waals surface area contributed by atoms with Crippen molar-refractivity contribution in [3.8, 4) is 11.1 Å².